The highest BCUT2D eigenvalue weighted by Gasteiger charge is 2.33. The molecule has 1 unspecified atom stereocenters. The highest BCUT2D eigenvalue weighted by molar-refractivity contribution is 5.29. The maximum atomic E-state index is 10.3. The molecule has 2 nitrogen and oxygen atoms in total. The molecule has 0 aliphatic heterocycles. The highest BCUT2D eigenvalue weighted by Crippen LogP contribution is 2.41. The topological polar surface area (TPSA) is 25.2 Å². The lowest BCUT2D eigenvalue weighted by Gasteiger charge is -2.34. The molecule has 0 radical (unpaired) electrons. The van der Waals surface area contributed by atoms with Gasteiger partial charge in [-0.3, -0.25) is 0 Å². The predicted octanol–water partition coefficient (Wildman–Crippen LogP) is 3.68. The Bertz CT molecular complexity index is 426. The van der Waals surface area contributed by atoms with Gasteiger partial charge in [0.05, 0.1) is 6.10 Å². The molecule has 2 heteroatoms. The molecule has 0 spiro atoms. The average Bonchev–Trinajstić information content (AvgIpc) is 2.88. The number of aliphatic hydroxyl groups excluding tert-OH is 1. The Hall–Kier alpha value is -0.760. The number of rotatable bonds is 2. The molecule has 1 heterocycles. The maximum Gasteiger partial charge on any atom is 0.0812 e. The van der Waals surface area contributed by atoms with Crippen LogP contribution in [0.3, 0.4) is 0 Å². The second kappa shape index (κ2) is 4.41. The first-order chi connectivity index (χ1) is 8.55. The summed E-state index contributed by atoms with van der Waals surface area (Å²) in [5, 5.41) is 10.3. The molecule has 2 aliphatic rings. The third kappa shape index (κ3) is 2.23. The summed E-state index contributed by atoms with van der Waals surface area (Å²) in [7, 11) is 0. The van der Waals surface area contributed by atoms with E-state index >= 15 is 0 Å². The van der Waals surface area contributed by atoms with Gasteiger partial charge in [0.25, 0.3) is 0 Å². The maximum absolute atomic E-state index is 10.3. The van der Waals surface area contributed by atoms with Gasteiger partial charge < -0.3 is 9.67 Å². The van der Waals surface area contributed by atoms with Crippen molar-refractivity contribution in [1.82, 2.24) is 4.57 Å². The predicted molar refractivity (Wildman–Crippen MR) is 73.5 cm³/mol. The summed E-state index contributed by atoms with van der Waals surface area (Å²) < 4.78 is 2.43. The van der Waals surface area contributed by atoms with E-state index in [1.807, 2.05) is 0 Å². The van der Waals surface area contributed by atoms with Crippen LogP contribution in [0.15, 0.2) is 12.3 Å². The van der Waals surface area contributed by atoms with E-state index in [1.54, 1.807) is 0 Å². The minimum Gasteiger partial charge on any atom is -0.388 e. The van der Waals surface area contributed by atoms with Gasteiger partial charge in [0.2, 0.25) is 0 Å². The van der Waals surface area contributed by atoms with Crippen LogP contribution in [-0.2, 0) is 13.0 Å². The molecule has 0 bridgehead atoms. The number of fused-ring (bicyclic) bond motifs is 1. The Morgan fingerprint density at radius 1 is 1.33 bits per heavy atom. The van der Waals surface area contributed by atoms with E-state index in [1.165, 1.54) is 36.9 Å². The van der Waals surface area contributed by atoms with Crippen LogP contribution in [0.4, 0.5) is 0 Å². The van der Waals surface area contributed by atoms with Crippen LogP contribution in [0, 0.1) is 11.3 Å². The molecule has 0 saturated heterocycles. The number of aromatic nitrogens is 1. The van der Waals surface area contributed by atoms with E-state index in [2.05, 4.69) is 30.7 Å². The smallest absolute Gasteiger partial charge is 0.0812 e. The summed E-state index contributed by atoms with van der Waals surface area (Å²) in [5.74, 6) is 0.865. The summed E-state index contributed by atoms with van der Waals surface area (Å²) >= 11 is 0. The van der Waals surface area contributed by atoms with Crippen molar-refractivity contribution in [1.29, 1.82) is 0 Å². The Kier molecular flexibility index (Phi) is 3.01. The second-order valence-corrected chi connectivity index (χ2v) is 7.08. The van der Waals surface area contributed by atoms with Crippen LogP contribution in [0.2, 0.25) is 0 Å². The van der Waals surface area contributed by atoms with E-state index in [4.69, 9.17) is 0 Å². The first kappa shape index (κ1) is 12.3. The van der Waals surface area contributed by atoms with Gasteiger partial charge in [-0.25, -0.2) is 0 Å². The largest absolute Gasteiger partial charge is 0.388 e. The van der Waals surface area contributed by atoms with E-state index in [9.17, 15) is 5.11 Å². The van der Waals surface area contributed by atoms with Crippen LogP contribution in [0.25, 0.3) is 0 Å². The molecule has 0 aromatic carbocycles. The van der Waals surface area contributed by atoms with Crippen LogP contribution >= 0.6 is 0 Å². The molecular formula is C16H25NO. The first-order valence-corrected chi connectivity index (χ1v) is 7.41. The molecule has 1 atom stereocenters. The highest BCUT2D eigenvalue weighted by atomic mass is 16.3. The SMILES string of the molecule is CC1(C)Cc2c(ccn2CC2CCCC2)C(O)C1. The summed E-state index contributed by atoms with van der Waals surface area (Å²) in [6.07, 6.45) is 9.54. The van der Waals surface area contributed by atoms with Crippen LogP contribution in [0.5, 0.6) is 0 Å². The van der Waals surface area contributed by atoms with Gasteiger partial charge >= 0.3 is 0 Å². The number of hydrogen-bond acceptors (Lipinski definition) is 1. The monoisotopic (exact) mass is 247 g/mol. The zero-order valence-corrected chi connectivity index (χ0v) is 11.7. The number of hydrogen-bond donors (Lipinski definition) is 1. The van der Waals surface area contributed by atoms with Gasteiger partial charge in [-0.15, -0.1) is 0 Å². The van der Waals surface area contributed by atoms with Crippen molar-refractivity contribution in [3.8, 4) is 0 Å². The van der Waals surface area contributed by atoms with Crippen LogP contribution in [-0.4, -0.2) is 9.67 Å². The Morgan fingerprint density at radius 3 is 2.78 bits per heavy atom. The third-order valence-electron chi connectivity index (χ3n) is 4.79. The fourth-order valence-electron chi connectivity index (χ4n) is 3.83. The average molecular weight is 247 g/mol. The molecule has 2 aliphatic carbocycles. The molecule has 100 valence electrons. The Balaban J connectivity index is 1.84. The van der Waals surface area contributed by atoms with Crippen molar-refractivity contribution >= 4 is 0 Å². The van der Waals surface area contributed by atoms with E-state index in [0.717, 1.165) is 25.3 Å². The van der Waals surface area contributed by atoms with Gasteiger partial charge in [-0.1, -0.05) is 26.7 Å². The molecule has 18 heavy (non-hydrogen) atoms. The molecule has 1 aromatic rings. The summed E-state index contributed by atoms with van der Waals surface area (Å²) in [4.78, 5) is 0. The van der Waals surface area contributed by atoms with Crippen molar-refractivity contribution in [3.05, 3.63) is 23.5 Å². The minimum absolute atomic E-state index is 0.234. The first-order valence-electron chi connectivity index (χ1n) is 7.41. The van der Waals surface area contributed by atoms with Gasteiger partial charge in [-0.2, -0.15) is 0 Å². The molecule has 3 rings (SSSR count). The second-order valence-electron chi connectivity index (χ2n) is 7.08. The Labute approximate surface area is 110 Å². The van der Waals surface area contributed by atoms with Crippen molar-refractivity contribution in [2.75, 3.05) is 0 Å². The summed E-state index contributed by atoms with van der Waals surface area (Å²) in [6.45, 7) is 5.70. The Morgan fingerprint density at radius 2 is 2.06 bits per heavy atom. The number of nitrogens with zero attached hydrogens (tertiary/aromatic N) is 1. The van der Waals surface area contributed by atoms with Gasteiger partial charge in [0, 0.05) is 24.0 Å². The molecule has 0 amide bonds. The normalized spacial score (nSPS) is 27.4. The third-order valence-corrected chi connectivity index (χ3v) is 4.79. The van der Waals surface area contributed by atoms with Crippen molar-refractivity contribution < 1.29 is 5.11 Å². The summed E-state index contributed by atoms with van der Waals surface area (Å²) in [5.41, 5.74) is 2.82. The minimum atomic E-state index is -0.256. The summed E-state index contributed by atoms with van der Waals surface area (Å²) in [6, 6.07) is 2.14. The van der Waals surface area contributed by atoms with Crippen molar-refractivity contribution in [3.63, 3.8) is 0 Å². The van der Waals surface area contributed by atoms with Gasteiger partial charge in [-0.05, 0) is 43.1 Å². The lowest BCUT2D eigenvalue weighted by molar-refractivity contribution is 0.0976. The zero-order chi connectivity index (χ0) is 12.8. The lowest BCUT2D eigenvalue weighted by Crippen LogP contribution is -2.27. The molecule has 1 N–H and O–H groups in total. The quantitative estimate of drug-likeness (QED) is 0.847. The van der Waals surface area contributed by atoms with Crippen LogP contribution in [0.1, 0.15) is 63.3 Å². The van der Waals surface area contributed by atoms with Gasteiger partial charge in [0.1, 0.15) is 0 Å². The molecule has 1 fully saturated rings. The zero-order valence-electron chi connectivity index (χ0n) is 11.7. The number of aliphatic hydroxyl groups is 1. The molecule has 1 saturated carbocycles. The van der Waals surface area contributed by atoms with Crippen molar-refractivity contribution in [2.24, 2.45) is 11.3 Å². The molecular weight excluding hydrogens is 222 g/mol. The fourth-order valence-corrected chi connectivity index (χ4v) is 3.83. The van der Waals surface area contributed by atoms with E-state index in [0.29, 0.717) is 0 Å². The fraction of sp³-hybridized carbons (Fsp3) is 0.750. The van der Waals surface area contributed by atoms with Crippen LogP contribution < -0.4 is 0 Å². The van der Waals surface area contributed by atoms with Gasteiger partial charge in [0.15, 0.2) is 0 Å². The standard InChI is InChI=1S/C16H25NO/c1-16(2)9-14-13(15(18)10-16)7-8-17(14)11-12-5-3-4-6-12/h7-8,12,15,18H,3-6,9-11H2,1-2H3. The molecule has 1 aromatic heterocycles. The van der Waals surface area contributed by atoms with E-state index in [-0.39, 0.29) is 11.5 Å². The van der Waals surface area contributed by atoms with E-state index < -0.39 is 0 Å². The lowest BCUT2D eigenvalue weighted by atomic mass is 9.75. The van der Waals surface area contributed by atoms with Crippen molar-refractivity contribution in [2.45, 2.75) is 65.0 Å².